The first-order valence-corrected chi connectivity index (χ1v) is 8.57. The molecule has 130 valence electrons. The molecule has 1 saturated carbocycles. The molecule has 7 heteroatoms. The average molecular weight is 348 g/mol. The van der Waals surface area contributed by atoms with Gasteiger partial charge in [-0.05, 0) is 44.0 Å². The summed E-state index contributed by atoms with van der Waals surface area (Å²) in [7, 11) is 0. The Labute approximate surface area is 148 Å². The number of carbonyl (C=O) groups is 1. The summed E-state index contributed by atoms with van der Waals surface area (Å²) in [6.07, 6.45) is 3.85. The van der Waals surface area contributed by atoms with Gasteiger partial charge in [0.25, 0.3) is 0 Å². The molecule has 4 heterocycles. The van der Waals surface area contributed by atoms with E-state index in [1.807, 2.05) is 19.1 Å². The molecule has 0 unspecified atom stereocenters. The molecule has 1 aliphatic carbocycles. The monoisotopic (exact) mass is 348 g/mol. The number of carbonyl (C=O) groups excluding carboxylic acids is 1. The zero-order valence-electron chi connectivity index (χ0n) is 14.2. The molecule has 5 rings (SSSR count). The number of hydrogen-bond donors (Lipinski definition) is 0. The normalized spacial score (nSPS) is 14.2. The van der Waals surface area contributed by atoms with E-state index >= 15 is 0 Å². The summed E-state index contributed by atoms with van der Waals surface area (Å²) in [5.41, 5.74) is 1.28. The third-order valence-electron chi connectivity index (χ3n) is 4.47. The molecule has 0 aliphatic heterocycles. The number of aromatic nitrogens is 4. The van der Waals surface area contributed by atoms with Gasteiger partial charge in [-0.1, -0.05) is 0 Å². The van der Waals surface area contributed by atoms with Gasteiger partial charge in [-0.3, -0.25) is 4.79 Å². The molecule has 1 aliphatic rings. The molecule has 0 aromatic carbocycles. The lowest BCUT2D eigenvalue weighted by Crippen LogP contribution is -2.09. The van der Waals surface area contributed by atoms with Crippen molar-refractivity contribution >= 4 is 11.4 Å². The van der Waals surface area contributed by atoms with Crippen molar-refractivity contribution in [2.75, 3.05) is 0 Å². The standard InChI is InChI=1S/C19H16N4O3/c1-11-4-7-16(26-11)19-20-13(9-14(24)12-5-6-12)10-17-21-18(22-23(17)19)15-3-2-8-25-15/h2-4,7-8,10,12H,5-6,9H2,1H3. The van der Waals surface area contributed by atoms with Crippen LogP contribution in [0.15, 0.2) is 45.4 Å². The Hall–Kier alpha value is -3.22. The number of aryl methyl sites for hydroxylation is 1. The molecule has 0 N–H and O–H groups in total. The van der Waals surface area contributed by atoms with Gasteiger partial charge < -0.3 is 8.83 Å². The van der Waals surface area contributed by atoms with Crippen LogP contribution in [-0.2, 0) is 11.2 Å². The van der Waals surface area contributed by atoms with Gasteiger partial charge in [-0.25, -0.2) is 9.97 Å². The van der Waals surface area contributed by atoms with Crippen LogP contribution in [0.3, 0.4) is 0 Å². The molecular formula is C19H16N4O3. The van der Waals surface area contributed by atoms with Crippen LogP contribution in [0.25, 0.3) is 28.8 Å². The first-order valence-electron chi connectivity index (χ1n) is 8.57. The van der Waals surface area contributed by atoms with Crippen molar-refractivity contribution in [1.82, 2.24) is 19.6 Å². The lowest BCUT2D eigenvalue weighted by atomic mass is 10.1. The highest BCUT2D eigenvalue weighted by atomic mass is 16.3. The fourth-order valence-electron chi connectivity index (χ4n) is 2.98. The Kier molecular flexibility index (Phi) is 3.28. The van der Waals surface area contributed by atoms with E-state index < -0.39 is 0 Å². The van der Waals surface area contributed by atoms with Gasteiger partial charge in [0.15, 0.2) is 23.0 Å². The van der Waals surface area contributed by atoms with Gasteiger partial charge >= 0.3 is 0 Å². The van der Waals surface area contributed by atoms with Crippen LogP contribution >= 0.6 is 0 Å². The summed E-state index contributed by atoms with van der Waals surface area (Å²) in [5, 5.41) is 4.51. The second kappa shape index (κ2) is 5.66. The number of Topliss-reactive ketones (excluding diaryl/α,β-unsaturated/α-hetero) is 1. The fraction of sp³-hybridized carbons (Fsp3) is 0.263. The van der Waals surface area contributed by atoms with E-state index in [9.17, 15) is 4.79 Å². The molecule has 0 atom stereocenters. The average Bonchev–Trinajstić information content (AvgIpc) is 3.00. The topological polar surface area (TPSA) is 86.4 Å². The predicted octanol–water partition coefficient (Wildman–Crippen LogP) is 3.47. The van der Waals surface area contributed by atoms with Crippen molar-refractivity contribution in [3.63, 3.8) is 0 Å². The third-order valence-corrected chi connectivity index (χ3v) is 4.47. The number of ketones is 1. The van der Waals surface area contributed by atoms with Crippen LogP contribution in [0.2, 0.25) is 0 Å². The van der Waals surface area contributed by atoms with Crippen LogP contribution in [0.1, 0.15) is 24.3 Å². The molecule has 0 bridgehead atoms. The van der Waals surface area contributed by atoms with Gasteiger partial charge in [0, 0.05) is 18.4 Å². The van der Waals surface area contributed by atoms with E-state index in [1.165, 1.54) is 0 Å². The lowest BCUT2D eigenvalue weighted by Gasteiger charge is -2.04. The van der Waals surface area contributed by atoms with Crippen molar-refractivity contribution in [3.05, 3.63) is 48.0 Å². The number of hydrogen-bond acceptors (Lipinski definition) is 6. The Morgan fingerprint density at radius 1 is 1.23 bits per heavy atom. The molecule has 7 nitrogen and oxygen atoms in total. The largest absolute Gasteiger partial charge is 0.461 e. The number of nitrogens with zero attached hydrogens (tertiary/aromatic N) is 4. The maximum Gasteiger partial charge on any atom is 0.217 e. The molecule has 26 heavy (non-hydrogen) atoms. The summed E-state index contributed by atoms with van der Waals surface area (Å²) < 4.78 is 12.8. The summed E-state index contributed by atoms with van der Waals surface area (Å²) in [6, 6.07) is 9.11. The summed E-state index contributed by atoms with van der Waals surface area (Å²) >= 11 is 0. The minimum Gasteiger partial charge on any atom is -0.461 e. The van der Waals surface area contributed by atoms with Crippen molar-refractivity contribution in [2.24, 2.45) is 5.92 Å². The van der Waals surface area contributed by atoms with E-state index in [2.05, 4.69) is 15.1 Å². The lowest BCUT2D eigenvalue weighted by molar-refractivity contribution is -0.119. The Balaban J connectivity index is 1.66. The van der Waals surface area contributed by atoms with Gasteiger partial charge in [0.05, 0.1) is 12.0 Å². The van der Waals surface area contributed by atoms with Crippen LogP contribution in [0, 0.1) is 12.8 Å². The molecule has 0 amide bonds. The molecule has 0 radical (unpaired) electrons. The van der Waals surface area contributed by atoms with Gasteiger partial charge in [-0.2, -0.15) is 4.52 Å². The Morgan fingerprint density at radius 2 is 2.12 bits per heavy atom. The van der Waals surface area contributed by atoms with Crippen molar-refractivity contribution in [1.29, 1.82) is 0 Å². The van der Waals surface area contributed by atoms with Crippen LogP contribution in [0.4, 0.5) is 0 Å². The number of furan rings is 2. The molecule has 0 spiro atoms. The highest BCUT2D eigenvalue weighted by Gasteiger charge is 2.30. The minimum absolute atomic E-state index is 0.193. The second-order valence-electron chi connectivity index (χ2n) is 6.58. The molecule has 4 aromatic rings. The molecule has 4 aromatic heterocycles. The SMILES string of the molecule is Cc1ccc(-c2nc(CC(=O)C3CC3)cc3nc(-c4ccco4)nn23)o1. The van der Waals surface area contributed by atoms with E-state index in [-0.39, 0.29) is 11.7 Å². The Morgan fingerprint density at radius 3 is 2.81 bits per heavy atom. The predicted molar refractivity (Wildman–Crippen MR) is 92.4 cm³/mol. The molecule has 1 fully saturated rings. The van der Waals surface area contributed by atoms with Crippen molar-refractivity contribution in [2.45, 2.75) is 26.2 Å². The first kappa shape index (κ1) is 15.1. The Bertz CT molecular complexity index is 1100. The maximum absolute atomic E-state index is 12.2. The maximum atomic E-state index is 12.2. The van der Waals surface area contributed by atoms with Gasteiger partial charge in [0.2, 0.25) is 5.82 Å². The van der Waals surface area contributed by atoms with Crippen LogP contribution in [0.5, 0.6) is 0 Å². The second-order valence-corrected chi connectivity index (χ2v) is 6.58. The molecular weight excluding hydrogens is 332 g/mol. The smallest absolute Gasteiger partial charge is 0.217 e. The number of rotatable bonds is 5. The minimum atomic E-state index is 0.193. The van der Waals surface area contributed by atoms with E-state index in [1.54, 1.807) is 29.0 Å². The van der Waals surface area contributed by atoms with Gasteiger partial charge in [-0.15, -0.1) is 5.10 Å². The van der Waals surface area contributed by atoms with E-state index in [0.717, 1.165) is 18.6 Å². The van der Waals surface area contributed by atoms with Crippen molar-refractivity contribution in [3.8, 4) is 23.2 Å². The van der Waals surface area contributed by atoms with Crippen LogP contribution in [-0.4, -0.2) is 25.4 Å². The third kappa shape index (κ3) is 2.61. The fourth-order valence-corrected chi connectivity index (χ4v) is 2.98. The summed E-state index contributed by atoms with van der Waals surface area (Å²) in [4.78, 5) is 21.4. The zero-order valence-corrected chi connectivity index (χ0v) is 14.2. The van der Waals surface area contributed by atoms with Gasteiger partial charge in [0.1, 0.15) is 11.5 Å². The van der Waals surface area contributed by atoms with Crippen molar-refractivity contribution < 1.29 is 13.6 Å². The molecule has 0 saturated heterocycles. The summed E-state index contributed by atoms with van der Waals surface area (Å²) in [5.74, 6) is 3.36. The summed E-state index contributed by atoms with van der Waals surface area (Å²) in [6.45, 7) is 1.87. The van der Waals surface area contributed by atoms with E-state index in [0.29, 0.717) is 40.9 Å². The van der Waals surface area contributed by atoms with E-state index in [4.69, 9.17) is 8.83 Å². The highest BCUT2D eigenvalue weighted by Crippen LogP contribution is 2.31. The number of fused-ring (bicyclic) bond motifs is 1. The zero-order chi connectivity index (χ0) is 17.7. The van der Waals surface area contributed by atoms with Crippen LogP contribution < -0.4 is 0 Å². The first-order chi connectivity index (χ1) is 12.7. The quantitative estimate of drug-likeness (QED) is 0.549. The highest BCUT2D eigenvalue weighted by molar-refractivity contribution is 5.85.